The maximum absolute atomic E-state index is 9.78. The molecule has 0 amide bonds. The van der Waals surface area contributed by atoms with Gasteiger partial charge in [0.1, 0.15) is 6.29 Å². The number of aldehydes is 1. The van der Waals surface area contributed by atoms with Gasteiger partial charge in [-0.15, -0.1) is 6.58 Å². The molecule has 0 aromatic rings. The molecular weight excluding hydrogens is 116 g/mol. The van der Waals surface area contributed by atoms with Crippen molar-refractivity contribution in [1.82, 2.24) is 0 Å². The lowest BCUT2D eigenvalue weighted by Crippen LogP contribution is -2.03. The number of carbonyl (C=O) groups is 1. The van der Waals surface area contributed by atoms with Gasteiger partial charge in [-0.25, -0.2) is 0 Å². The number of carbonyl (C=O) groups excluding carboxylic acids is 1. The topological polar surface area (TPSA) is 37.3 Å². The van der Waals surface area contributed by atoms with Crippen molar-refractivity contribution in [2.24, 2.45) is 0 Å². The molecule has 0 fully saturated rings. The van der Waals surface area contributed by atoms with Gasteiger partial charge in [0.05, 0.1) is 6.10 Å². The standard InChI is InChI=1S/C7H12O2/c1-2-4-7(9)5-3-6-8/h2,6-7,9H,1,3-5H2. The van der Waals surface area contributed by atoms with Gasteiger partial charge < -0.3 is 9.90 Å². The van der Waals surface area contributed by atoms with Crippen molar-refractivity contribution in [3.63, 3.8) is 0 Å². The number of rotatable bonds is 5. The van der Waals surface area contributed by atoms with E-state index in [9.17, 15) is 4.79 Å². The summed E-state index contributed by atoms with van der Waals surface area (Å²) in [5.41, 5.74) is 0. The Bertz CT molecular complexity index is 88.9. The average Bonchev–Trinajstić information content (AvgIpc) is 1.85. The van der Waals surface area contributed by atoms with Gasteiger partial charge in [-0.1, -0.05) is 6.08 Å². The number of aliphatic hydroxyl groups excluding tert-OH is 1. The fraction of sp³-hybridized carbons (Fsp3) is 0.571. The quantitative estimate of drug-likeness (QED) is 0.441. The zero-order valence-electron chi connectivity index (χ0n) is 5.42. The van der Waals surface area contributed by atoms with Crippen LogP contribution in [0.5, 0.6) is 0 Å². The molecule has 0 rings (SSSR count). The smallest absolute Gasteiger partial charge is 0.120 e. The van der Waals surface area contributed by atoms with Crippen molar-refractivity contribution in [2.45, 2.75) is 25.4 Å². The van der Waals surface area contributed by atoms with E-state index in [0.717, 1.165) is 6.29 Å². The van der Waals surface area contributed by atoms with Gasteiger partial charge in [-0.2, -0.15) is 0 Å². The summed E-state index contributed by atoms with van der Waals surface area (Å²) in [5.74, 6) is 0. The van der Waals surface area contributed by atoms with Crippen LogP contribution in [0.2, 0.25) is 0 Å². The Morgan fingerprint density at radius 2 is 2.33 bits per heavy atom. The van der Waals surface area contributed by atoms with Crippen LogP contribution >= 0.6 is 0 Å². The zero-order chi connectivity index (χ0) is 7.11. The molecule has 0 aliphatic heterocycles. The number of hydrogen-bond acceptors (Lipinski definition) is 2. The maximum Gasteiger partial charge on any atom is 0.120 e. The minimum absolute atomic E-state index is 0.382. The third-order valence-electron chi connectivity index (χ3n) is 1.06. The first-order chi connectivity index (χ1) is 4.31. The van der Waals surface area contributed by atoms with Gasteiger partial charge in [0, 0.05) is 6.42 Å². The molecule has 0 bridgehead atoms. The molecule has 0 saturated carbocycles. The first kappa shape index (κ1) is 8.37. The molecular formula is C7H12O2. The van der Waals surface area contributed by atoms with Gasteiger partial charge in [-0.3, -0.25) is 0 Å². The molecule has 0 heterocycles. The summed E-state index contributed by atoms with van der Waals surface area (Å²) in [6.07, 6.45) is 3.65. The number of hydrogen-bond donors (Lipinski definition) is 1. The molecule has 52 valence electrons. The van der Waals surface area contributed by atoms with Crippen LogP contribution in [0.4, 0.5) is 0 Å². The van der Waals surface area contributed by atoms with Gasteiger partial charge >= 0.3 is 0 Å². The van der Waals surface area contributed by atoms with Crippen molar-refractivity contribution < 1.29 is 9.90 Å². The summed E-state index contributed by atoms with van der Waals surface area (Å²) >= 11 is 0. The Labute approximate surface area is 55.2 Å². The fourth-order valence-electron chi connectivity index (χ4n) is 0.571. The molecule has 0 radical (unpaired) electrons. The van der Waals surface area contributed by atoms with E-state index < -0.39 is 0 Å². The van der Waals surface area contributed by atoms with Gasteiger partial charge in [0.15, 0.2) is 0 Å². The minimum atomic E-state index is -0.382. The lowest BCUT2D eigenvalue weighted by molar-refractivity contribution is -0.108. The van der Waals surface area contributed by atoms with E-state index >= 15 is 0 Å². The Morgan fingerprint density at radius 1 is 1.67 bits per heavy atom. The monoisotopic (exact) mass is 128 g/mol. The Kier molecular flexibility index (Phi) is 5.12. The Morgan fingerprint density at radius 3 is 2.78 bits per heavy atom. The summed E-state index contributed by atoms with van der Waals surface area (Å²) in [6.45, 7) is 3.46. The first-order valence-electron chi connectivity index (χ1n) is 3.04. The van der Waals surface area contributed by atoms with E-state index in [-0.39, 0.29) is 6.10 Å². The van der Waals surface area contributed by atoms with E-state index in [0.29, 0.717) is 19.3 Å². The second kappa shape index (κ2) is 5.51. The van der Waals surface area contributed by atoms with Gasteiger partial charge in [0.2, 0.25) is 0 Å². The molecule has 0 aliphatic rings. The largest absolute Gasteiger partial charge is 0.393 e. The van der Waals surface area contributed by atoms with Crippen LogP contribution in [0.15, 0.2) is 12.7 Å². The molecule has 1 atom stereocenters. The summed E-state index contributed by atoms with van der Waals surface area (Å²) < 4.78 is 0. The van der Waals surface area contributed by atoms with Crippen molar-refractivity contribution in [1.29, 1.82) is 0 Å². The molecule has 1 unspecified atom stereocenters. The highest BCUT2D eigenvalue weighted by Crippen LogP contribution is 1.99. The lowest BCUT2D eigenvalue weighted by atomic mass is 10.1. The van der Waals surface area contributed by atoms with Crippen LogP contribution in [0.3, 0.4) is 0 Å². The molecule has 0 aromatic heterocycles. The van der Waals surface area contributed by atoms with E-state index in [1.807, 2.05) is 0 Å². The van der Waals surface area contributed by atoms with Gasteiger partial charge in [0.25, 0.3) is 0 Å². The highest BCUT2D eigenvalue weighted by Gasteiger charge is 1.98. The fourth-order valence-corrected chi connectivity index (χ4v) is 0.571. The molecule has 2 nitrogen and oxygen atoms in total. The normalized spacial score (nSPS) is 12.6. The first-order valence-corrected chi connectivity index (χ1v) is 3.04. The summed E-state index contributed by atoms with van der Waals surface area (Å²) in [7, 11) is 0. The highest BCUT2D eigenvalue weighted by molar-refractivity contribution is 5.49. The van der Waals surface area contributed by atoms with Crippen LogP contribution in [0.25, 0.3) is 0 Å². The zero-order valence-corrected chi connectivity index (χ0v) is 5.42. The molecule has 0 saturated heterocycles. The van der Waals surface area contributed by atoms with Crippen molar-refractivity contribution in [2.75, 3.05) is 0 Å². The van der Waals surface area contributed by atoms with Crippen LogP contribution in [0, 0.1) is 0 Å². The second-order valence-corrected chi connectivity index (χ2v) is 1.92. The maximum atomic E-state index is 9.78. The average molecular weight is 128 g/mol. The van der Waals surface area contributed by atoms with E-state index in [4.69, 9.17) is 5.11 Å². The minimum Gasteiger partial charge on any atom is -0.393 e. The molecule has 0 spiro atoms. The Hall–Kier alpha value is -0.630. The van der Waals surface area contributed by atoms with Crippen molar-refractivity contribution in [3.05, 3.63) is 12.7 Å². The molecule has 9 heavy (non-hydrogen) atoms. The predicted molar refractivity (Wildman–Crippen MR) is 36.1 cm³/mol. The van der Waals surface area contributed by atoms with Crippen molar-refractivity contribution in [3.8, 4) is 0 Å². The lowest BCUT2D eigenvalue weighted by Gasteiger charge is -2.02. The van der Waals surface area contributed by atoms with E-state index in [2.05, 4.69) is 6.58 Å². The van der Waals surface area contributed by atoms with E-state index in [1.54, 1.807) is 6.08 Å². The molecule has 2 heteroatoms. The SMILES string of the molecule is C=CCC(O)CCC=O. The highest BCUT2D eigenvalue weighted by atomic mass is 16.3. The molecule has 0 aromatic carbocycles. The summed E-state index contributed by atoms with van der Waals surface area (Å²) in [5, 5.41) is 8.95. The second-order valence-electron chi connectivity index (χ2n) is 1.92. The van der Waals surface area contributed by atoms with Crippen LogP contribution in [-0.4, -0.2) is 17.5 Å². The van der Waals surface area contributed by atoms with Crippen molar-refractivity contribution >= 4 is 6.29 Å². The van der Waals surface area contributed by atoms with Crippen LogP contribution in [0.1, 0.15) is 19.3 Å². The van der Waals surface area contributed by atoms with Crippen LogP contribution in [-0.2, 0) is 4.79 Å². The van der Waals surface area contributed by atoms with Gasteiger partial charge in [-0.05, 0) is 12.8 Å². The number of aliphatic hydroxyl groups is 1. The third-order valence-corrected chi connectivity index (χ3v) is 1.06. The molecule has 1 N–H and O–H groups in total. The summed E-state index contributed by atoms with van der Waals surface area (Å²) in [6, 6.07) is 0. The van der Waals surface area contributed by atoms with E-state index in [1.165, 1.54) is 0 Å². The summed E-state index contributed by atoms with van der Waals surface area (Å²) in [4.78, 5) is 9.78. The predicted octanol–water partition coefficient (Wildman–Crippen LogP) is 0.902. The molecule has 0 aliphatic carbocycles. The van der Waals surface area contributed by atoms with Crippen LogP contribution < -0.4 is 0 Å². The third kappa shape index (κ3) is 5.24. The Balaban J connectivity index is 3.14.